The Hall–Kier alpha value is -1.20. The highest BCUT2D eigenvalue weighted by atomic mass is 32.2. The van der Waals surface area contributed by atoms with Crippen LogP contribution in [0, 0.1) is 0 Å². The third-order valence-electron chi connectivity index (χ3n) is 3.03. The molecule has 0 radical (unpaired) electrons. The summed E-state index contributed by atoms with van der Waals surface area (Å²) in [5.74, 6) is 2.57. The Morgan fingerprint density at radius 3 is 3.22 bits per heavy atom. The van der Waals surface area contributed by atoms with E-state index >= 15 is 0 Å². The highest BCUT2D eigenvalue weighted by Crippen LogP contribution is 2.30. The Morgan fingerprint density at radius 1 is 1.72 bits per heavy atom. The van der Waals surface area contributed by atoms with Gasteiger partial charge in [-0.15, -0.1) is 0 Å². The van der Waals surface area contributed by atoms with Gasteiger partial charge in [-0.05, 0) is 30.4 Å². The summed E-state index contributed by atoms with van der Waals surface area (Å²) in [7, 11) is 1.71. The van der Waals surface area contributed by atoms with Gasteiger partial charge in [-0.2, -0.15) is 11.8 Å². The number of furan rings is 1. The molecule has 1 aliphatic heterocycles. The van der Waals surface area contributed by atoms with Crippen molar-refractivity contribution < 1.29 is 13.9 Å². The highest BCUT2D eigenvalue weighted by molar-refractivity contribution is 7.99. The first-order valence-electron chi connectivity index (χ1n) is 5.86. The highest BCUT2D eigenvalue weighted by Gasteiger charge is 2.34. The molecule has 1 aromatic heterocycles. The van der Waals surface area contributed by atoms with E-state index in [-0.39, 0.29) is 11.5 Å². The van der Waals surface area contributed by atoms with Crippen LogP contribution in [0.25, 0.3) is 6.08 Å². The van der Waals surface area contributed by atoms with Crippen LogP contribution in [0.5, 0.6) is 0 Å². The molecule has 1 N–H and O–H groups in total. The fourth-order valence-electron chi connectivity index (χ4n) is 1.81. The molecule has 1 unspecified atom stereocenters. The Morgan fingerprint density at radius 2 is 2.61 bits per heavy atom. The van der Waals surface area contributed by atoms with Crippen molar-refractivity contribution in [3.8, 4) is 0 Å². The molecule has 1 fully saturated rings. The van der Waals surface area contributed by atoms with Crippen molar-refractivity contribution in [2.45, 2.75) is 12.0 Å². The summed E-state index contributed by atoms with van der Waals surface area (Å²) in [6.45, 7) is 0.553. The zero-order chi connectivity index (χ0) is 12.8. The maximum absolute atomic E-state index is 11.7. The van der Waals surface area contributed by atoms with Crippen molar-refractivity contribution in [1.29, 1.82) is 0 Å². The van der Waals surface area contributed by atoms with Gasteiger partial charge in [0.15, 0.2) is 0 Å². The second-order valence-electron chi connectivity index (χ2n) is 4.26. The molecule has 0 bridgehead atoms. The van der Waals surface area contributed by atoms with Gasteiger partial charge < -0.3 is 14.5 Å². The average molecular weight is 267 g/mol. The van der Waals surface area contributed by atoms with E-state index in [4.69, 9.17) is 9.15 Å². The maximum Gasteiger partial charge on any atom is 0.244 e. The quantitative estimate of drug-likeness (QED) is 0.828. The van der Waals surface area contributed by atoms with Gasteiger partial charge >= 0.3 is 0 Å². The summed E-state index contributed by atoms with van der Waals surface area (Å²) in [5.41, 5.74) is -0.196. The van der Waals surface area contributed by atoms with E-state index in [1.165, 1.54) is 6.08 Å². The molecule has 0 spiro atoms. The van der Waals surface area contributed by atoms with Crippen molar-refractivity contribution in [3.05, 3.63) is 30.2 Å². The van der Waals surface area contributed by atoms with Gasteiger partial charge in [0.1, 0.15) is 5.76 Å². The Kier molecular flexibility index (Phi) is 4.49. The Balaban J connectivity index is 1.81. The first-order chi connectivity index (χ1) is 8.74. The number of hydrogen-bond acceptors (Lipinski definition) is 4. The lowest BCUT2D eigenvalue weighted by Crippen LogP contribution is -2.44. The zero-order valence-corrected chi connectivity index (χ0v) is 11.2. The van der Waals surface area contributed by atoms with Crippen LogP contribution in [0.1, 0.15) is 12.2 Å². The lowest BCUT2D eigenvalue weighted by molar-refractivity contribution is -0.117. The second-order valence-corrected chi connectivity index (χ2v) is 5.36. The molecule has 4 nitrogen and oxygen atoms in total. The smallest absolute Gasteiger partial charge is 0.244 e. The number of carbonyl (C=O) groups is 1. The molecule has 1 atom stereocenters. The lowest BCUT2D eigenvalue weighted by atomic mass is 10.0. The first-order valence-corrected chi connectivity index (χ1v) is 7.02. The van der Waals surface area contributed by atoms with E-state index in [0.717, 1.165) is 17.9 Å². The third kappa shape index (κ3) is 3.40. The van der Waals surface area contributed by atoms with Crippen molar-refractivity contribution in [3.63, 3.8) is 0 Å². The molecular weight excluding hydrogens is 250 g/mol. The van der Waals surface area contributed by atoms with Gasteiger partial charge in [0.25, 0.3) is 0 Å². The minimum atomic E-state index is -0.196. The van der Waals surface area contributed by atoms with Crippen LogP contribution in [0.4, 0.5) is 0 Å². The number of amides is 1. The minimum absolute atomic E-state index is 0.125. The van der Waals surface area contributed by atoms with Gasteiger partial charge in [0, 0.05) is 25.5 Å². The van der Waals surface area contributed by atoms with E-state index in [1.54, 1.807) is 31.6 Å². The number of methoxy groups -OCH3 is 1. The molecule has 98 valence electrons. The number of ether oxygens (including phenoxy) is 1. The molecule has 18 heavy (non-hydrogen) atoms. The van der Waals surface area contributed by atoms with Crippen molar-refractivity contribution in [2.75, 3.05) is 25.2 Å². The van der Waals surface area contributed by atoms with E-state index in [0.29, 0.717) is 12.3 Å². The molecule has 2 heterocycles. The van der Waals surface area contributed by atoms with E-state index in [9.17, 15) is 4.79 Å². The van der Waals surface area contributed by atoms with Crippen LogP contribution < -0.4 is 5.32 Å². The SMILES string of the molecule is COC1(CNC(=O)C=Cc2ccco2)CCSC1. The van der Waals surface area contributed by atoms with Gasteiger partial charge in [-0.25, -0.2) is 0 Å². The maximum atomic E-state index is 11.7. The van der Waals surface area contributed by atoms with Gasteiger partial charge in [0.2, 0.25) is 5.91 Å². The predicted molar refractivity (Wildman–Crippen MR) is 72.4 cm³/mol. The lowest BCUT2D eigenvalue weighted by Gasteiger charge is -2.26. The topological polar surface area (TPSA) is 51.5 Å². The number of nitrogens with one attached hydrogen (secondary N) is 1. The Labute approximate surface area is 111 Å². The summed E-state index contributed by atoms with van der Waals surface area (Å²) >= 11 is 1.86. The summed E-state index contributed by atoms with van der Waals surface area (Å²) in [5, 5.41) is 2.87. The molecule has 0 aromatic carbocycles. The molecule has 5 heteroatoms. The van der Waals surface area contributed by atoms with Gasteiger partial charge in [0.05, 0.1) is 11.9 Å². The van der Waals surface area contributed by atoms with Crippen LogP contribution in [0.15, 0.2) is 28.9 Å². The van der Waals surface area contributed by atoms with Crippen LogP contribution in [0.2, 0.25) is 0 Å². The monoisotopic (exact) mass is 267 g/mol. The molecular formula is C13H17NO3S. The molecule has 2 rings (SSSR count). The van der Waals surface area contributed by atoms with E-state index in [1.807, 2.05) is 11.8 Å². The van der Waals surface area contributed by atoms with E-state index in [2.05, 4.69) is 5.32 Å². The third-order valence-corrected chi connectivity index (χ3v) is 4.25. The molecule has 1 amide bonds. The number of carbonyl (C=O) groups excluding carboxylic acids is 1. The van der Waals surface area contributed by atoms with E-state index < -0.39 is 0 Å². The molecule has 1 saturated heterocycles. The van der Waals surface area contributed by atoms with Crippen LogP contribution in [-0.4, -0.2) is 36.7 Å². The van der Waals surface area contributed by atoms with Crippen molar-refractivity contribution >= 4 is 23.7 Å². The molecule has 1 aliphatic rings. The number of rotatable bonds is 5. The summed E-state index contributed by atoms with van der Waals surface area (Å²) in [6.07, 6.45) is 5.69. The number of thioether (sulfide) groups is 1. The summed E-state index contributed by atoms with van der Waals surface area (Å²) < 4.78 is 10.6. The van der Waals surface area contributed by atoms with Gasteiger partial charge in [-0.3, -0.25) is 4.79 Å². The summed E-state index contributed by atoms with van der Waals surface area (Å²) in [6, 6.07) is 3.58. The fraction of sp³-hybridized carbons (Fsp3) is 0.462. The number of hydrogen-bond donors (Lipinski definition) is 1. The Bertz CT molecular complexity index is 408. The first kappa shape index (κ1) is 13.2. The zero-order valence-electron chi connectivity index (χ0n) is 10.3. The molecule has 1 aromatic rings. The standard InChI is InChI=1S/C13H17NO3S/c1-16-13(6-8-18-10-13)9-14-12(15)5-4-11-3-2-7-17-11/h2-5,7H,6,8-10H2,1H3,(H,14,15). The van der Waals surface area contributed by atoms with Gasteiger partial charge in [-0.1, -0.05) is 0 Å². The molecule has 0 saturated carbocycles. The van der Waals surface area contributed by atoms with Crippen LogP contribution in [-0.2, 0) is 9.53 Å². The average Bonchev–Trinajstić information content (AvgIpc) is 3.06. The largest absolute Gasteiger partial charge is 0.465 e. The summed E-state index contributed by atoms with van der Waals surface area (Å²) in [4.78, 5) is 11.7. The molecule has 0 aliphatic carbocycles. The van der Waals surface area contributed by atoms with Crippen molar-refractivity contribution in [1.82, 2.24) is 5.32 Å². The van der Waals surface area contributed by atoms with Crippen molar-refractivity contribution in [2.24, 2.45) is 0 Å². The second kappa shape index (κ2) is 6.11. The predicted octanol–water partition coefficient (Wildman–Crippen LogP) is 1.93. The van der Waals surface area contributed by atoms with Crippen LogP contribution >= 0.6 is 11.8 Å². The van der Waals surface area contributed by atoms with Crippen LogP contribution in [0.3, 0.4) is 0 Å². The minimum Gasteiger partial charge on any atom is -0.465 e. The fourth-order valence-corrected chi connectivity index (χ4v) is 3.21. The normalized spacial score (nSPS) is 23.6.